The summed E-state index contributed by atoms with van der Waals surface area (Å²) in [5.74, 6) is -0.499. The number of amides is 2. The van der Waals surface area contributed by atoms with Crippen molar-refractivity contribution < 1.29 is 18.0 Å². The van der Waals surface area contributed by atoms with Crippen LogP contribution in [0.3, 0.4) is 0 Å². The number of hydrogen-bond donors (Lipinski definition) is 2. The summed E-state index contributed by atoms with van der Waals surface area (Å²) < 4.78 is 27.8. The Morgan fingerprint density at radius 3 is 2.19 bits per heavy atom. The summed E-state index contributed by atoms with van der Waals surface area (Å²) in [5, 5.41) is 5.56. The first-order valence-electron chi connectivity index (χ1n) is 11.0. The summed E-state index contributed by atoms with van der Waals surface area (Å²) in [5.41, 5.74) is 1.05. The van der Waals surface area contributed by atoms with Crippen molar-refractivity contribution >= 4 is 27.5 Å². The summed E-state index contributed by atoms with van der Waals surface area (Å²) in [7, 11) is -3.59. The minimum Gasteiger partial charge on any atom is -0.349 e. The molecule has 2 aromatic rings. The Morgan fingerprint density at radius 1 is 1.00 bits per heavy atom. The van der Waals surface area contributed by atoms with Crippen LogP contribution in [0.5, 0.6) is 0 Å². The van der Waals surface area contributed by atoms with Crippen LogP contribution in [-0.2, 0) is 14.8 Å². The number of anilines is 1. The molecule has 1 heterocycles. The molecule has 2 N–H and O–H groups in total. The molecule has 0 radical (unpaired) electrons. The molecule has 8 heteroatoms. The lowest BCUT2D eigenvalue weighted by molar-refractivity contribution is -0.116. The molecule has 2 amide bonds. The van der Waals surface area contributed by atoms with E-state index >= 15 is 0 Å². The number of carbonyl (C=O) groups is 2. The van der Waals surface area contributed by atoms with Crippen molar-refractivity contribution in [2.24, 2.45) is 0 Å². The number of hydrogen-bond acceptors (Lipinski definition) is 4. The summed E-state index contributed by atoms with van der Waals surface area (Å²) >= 11 is 0. The van der Waals surface area contributed by atoms with Crippen molar-refractivity contribution in [1.82, 2.24) is 9.62 Å². The lowest BCUT2D eigenvalue weighted by Crippen LogP contribution is -2.47. The summed E-state index contributed by atoms with van der Waals surface area (Å²) in [6, 6.07) is 14.6. The fraction of sp³-hybridized carbons (Fsp3) is 0.417. The lowest BCUT2D eigenvalue weighted by atomic mass is 10.0. The molecular formula is C24H31N3O4S. The number of carbonyl (C=O) groups excluding carboxylic acids is 2. The van der Waals surface area contributed by atoms with Gasteiger partial charge in [-0.25, -0.2) is 8.42 Å². The van der Waals surface area contributed by atoms with Crippen LogP contribution in [0.15, 0.2) is 59.5 Å². The molecule has 0 saturated carbocycles. The number of nitrogens with one attached hydrogen (secondary N) is 2. The van der Waals surface area contributed by atoms with Crippen LogP contribution in [0.4, 0.5) is 5.69 Å². The molecule has 0 aliphatic carbocycles. The second kappa shape index (κ2) is 10.3. The maximum absolute atomic E-state index is 13.1. The van der Waals surface area contributed by atoms with Crippen molar-refractivity contribution in [2.75, 3.05) is 5.32 Å². The first-order chi connectivity index (χ1) is 15.2. The van der Waals surface area contributed by atoms with E-state index in [2.05, 4.69) is 10.6 Å². The normalized spacial score (nSPS) is 20.3. The number of benzene rings is 2. The van der Waals surface area contributed by atoms with Gasteiger partial charge in [0.2, 0.25) is 15.9 Å². The van der Waals surface area contributed by atoms with Crippen molar-refractivity contribution in [3.8, 4) is 0 Å². The lowest BCUT2D eigenvalue weighted by Gasteiger charge is -2.37. The van der Waals surface area contributed by atoms with E-state index in [-0.39, 0.29) is 41.3 Å². The highest BCUT2D eigenvalue weighted by atomic mass is 32.2. The van der Waals surface area contributed by atoms with Gasteiger partial charge in [-0.1, -0.05) is 24.6 Å². The summed E-state index contributed by atoms with van der Waals surface area (Å²) in [6.45, 7) is 5.65. The predicted octanol–water partition coefficient (Wildman–Crippen LogP) is 3.79. The van der Waals surface area contributed by atoms with Gasteiger partial charge in [0.1, 0.15) is 0 Å². The van der Waals surface area contributed by atoms with Crippen molar-refractivity contribution in [1.29, 1.82) is 0 Å². The zero-order valence-corrected chi connectivity index (χ0v) is 19.6. The molecule has 7 nitrogen and oxygen atoms in total. The zero-order chi connectivity index (χ0) is 23.3. The van der Waals surface area contributed by atoms with Crippen LogP contribution in [0.2, 0.25) is 0 Å². The van der Waals surface area contributed by atoms with E-state index in [0.29, 0.717) is 11.3 Å². The van der Waals surface area contributed by atoms with Gasteiger partial charge in [0.25, 0.3) is 5.91 Å². The molecule has 32 heavy (non-hydrogen) atoms. The number of sulfonamides is 1. The maximum atomic E-state index is 13.1. The first-order valence-corrected chi connectivity index (χ1v) is 12.4. The van der Waals surface area contributed by atoms with Crippen molar-refractivity contribution in [3.63, 3.8) is 0 Å². The second-order valence-electron chi connectivity index (χ2n) is 8.48. The number of nitrogens with zero attached hydrogens (tertiary/aromatic N) is 1. The average Bonchev–Trinajstić information content (AvgIpc) is 2.74. The van der Waals surface area contributed by atoms with E-state index in [4.69, 9.17) is 0 Å². The van der Waals surface area contributed by atoms with Crippen LogP contribution in [0, 0.1) is 0 Å². The van der Waals surface area contributed by atoms with Gasteiger partial charge in [-0.3, -0.25) is 9.59 Å². The van der Waals surface area contributed by atoms with Gasteiger partial charge in [0.05, 0.1) is 4.90 Å². The molecule has 3 rings (SSSR count). The first kappa shape index (κ1) is 23.9. The van der Waals surface area contributed by atoms with Crippen LogP contribution in [-0.4, -0.2) is 42.7 Å². The summed E-state index contributed by atoms with van der Waals surface area (Å²) in [4.78, 5) is 24.8. The predicted molar refractivity (Wildman–Crippen MR) is 125 cm³/mol. The molecule has 0 spiro atoms. The van der Waals surface area contributed by atoms with E-state index in [1.807, 2.05) is 19.9 Å². The molecule has 172 valence electrons. The Labute approximate surface area is 190 Å². The number of piperidine rings is 1. The SMILES string of the molecule is C[C@H](CC(=O)Nc1ccc(S(=O)(=O)N2[C@@H](C)CCC[C@@H]2C)cc1)NC(=O)c1ccccc1. The fourth-order valence-electron chi connectivity index (χ4n) is 4.14. The van der Waals surface area contributed by atoms with E-state index in [1.54, 1.807) is 47.6 Å². The van der Waals surface area contributed by atoms with E-state index in [9.17, 15) is 18.0 Å². The largest absolute Gasteiger partial charge is 0.349 e. The van der Waals surface area contributed by atoms with Crippen molar-refractivity contribution in [3.05, 3.63) is 60.2 Å². The van der Waals surface area contributed by atoms with Crippen LogP contribution >= 0.6 is 0 Å². The van der Waals surface area contributed by atoms with Gasteiger partial charge in [-0.2, -0.15) is 4.31 Å². The van der Waals surface area contributed by atoms with Gasteiger partial charge < -0.3 is 10.6 Å². The molecule has 2 aromatic carbocycles. The standard InChI is InChI=1S/C24H31N3O4S/c1-17(25-24(29)20-10-5-4-6-11-20)16-23(28)26-21-12-14-22(15-13-21)32(30,31)27-18(2)8-7-9-19(27)3/h4-6,10-15,17-19H,7-9,16H2,1-3H3,(H,25,29)(H,26,28)/t17-,18+,19+/m1/s1. The molecular weight excluding hydrogens is 426 g/mol. The van der Waals surface area contributed by atoms with Crippen LogP contribution in [0.25, 0.3) is 0 Å². The molecule has 1 aliphatic heterocycles. The van der Waals surface area contributed by atoms with Gasteiger partial charge in [0.15, 0.2) is 0 Å². The monoisotopic (exact) mass is 457 g/mol. The Bertz CT molecular complexity index is 1030. The third kappa shape index (κ3) is 5.75. The minimum absolute atomic E-state index is 0.0317. The highest BCUT2D eigenvalue weighted by Gasteiger charge is 2.35. The zero-order valence-electron chi connectivity index (χ0n) is 18.7. The molecule has 0 unspecified atom stereocenters. The molecule has 0 bridgehead atoms. The molecule has 0 aromatic heterocycles. The van der Waals surface area contributed by atoms with E-state index in [0.717, 1.165) is 19.3 Å². The quantitative estimate of drug-likeness (QED) is 0.661. The smallest absolute Gasteiger partial charge is 0.251 e. The van der Waals surface area contributed by atoms with Crippen molar-refractivity contribution in [2.45, 2.75) is 69.5 Å². The molecule has 3 atom stereocenters. The van der Waals surface area contributed by atoms with Gasteiger partial charge in [0, 0.05) is 35.8 Å². The highest BCUT2D eigenvalue weighted by molar-refractivity contribution is 7.89. The van der Waals surface area contributed by atoms with Gasteiger partial charge >= 0.3 is 0 Å². The molecule has 1 saturated heterocycles. The Kier molecular flexibility index (Phi) is 7.69. The van der Waals surface area contributed by atoms with Crippen LogP contribution in [0.1, 0.15) is 56.8 Å². The van der Waals surface area contributed by atoms with Gasteiger partial charge in [-0.05, 0) is 70.0 Å². The Hall–Kier alpha value is -2.71. The second-order valence-corrected chi connectivity index (χ2v) is 10.3. The topological polar surface area (TPSA) is 95.6 Å². The molecule has 1 fully saturated rings. The maximum Gasteiger partial charge on any atom is 0.251 e. The highest BCUT2D eigenvalue weighted by Crippen LogP contribution is 2.29. The van der Waals surface area contributed by atoms with E-state index in [1.165, 1.54) is 12.1 Å². The molecule has 1 aliphatic rings. The number of rotatable bonds is 7. The average molecular weight is 458 g/mol. The third-order valence-electron chi connectivity index (χ3n) is 5.73. The Morgan fingerprint density at radius 2 is 1.59 bits per heavy atom. The third-order valence-corrected chi connectivity index (χ3v) is 7.87. The fourth-order valence-corrected chi connectivity index (χ4v) is 6.02. The van der Waals surface area contributed by atoms with Crippen LogP contribution < -0.4 is 10.6 Å². The Balaban J connectivity index is 1.58. The van der Waals surface area contributed by atoms with Gasteiger partial charge in [-0.15, -0.1) is 0 Å². The van der Waals surface area contributed by atoms with E-state index < -0.39 is 10.0 Å². The minimum atomic E-state index is -3.59. The summed E-state index contributed by atoms with van der Waals surface area (Å²) in [6.07, 6.45) is 2.85.